The van der Waals surface area contributed by atoms with Crippen molar-refractivity contribution >= 4 is 10.9 Å². The first-order valence-electron chi connectivity index (χ1n) is 8.39. The van der Waals surface area contributed by atoms with E-state index in [-0.39, 0.29) is 0 Å². The van der Waals surface area contributed by atoms with E-state index in [9.17, 15) is 13.2 Å². The third-order valence-electron chi connectivity index (χ3n) is 4.45. The molecule has 132 valence electrons. The fourth-order valence-corrected chi connectivity index (χ4v) is 3.10. The Hall–Kier alpha value is -2.27. The third-order valence-corrected chi connectivity index (χ3v) is 4.45. The van der Waals surface area contributed by atoms with Crippen LogP contribution in [0.1, 0.15) is 29.5 Å². The lowest BCUT2D eigenvalue weighted by Crippen LogP contribution is -2.04. The molecule has 3 rings (SSSR count). The van der Waals surface area contributed by atoms with Gasteiger partial charge in [-0.2, -0.15) is 13.2 Å². The standard InChI is InChI=1S/C20H21F3N2/c1-13-5-7-14(8-6-13)19-16(4-2-3-11-24)17-12-15(20(21,22)23)9-10-18(17)25-19/h5-10,12,25H,2-4,11,24H2,1H3. The molecule has 0 spiro atoms. The van der Waals surface area contributed by atoms with Gasteiger partial charge in [0.25, 0.3) is 0 Å². The van der Waals surface area contributed by atoms with Gasteiger partial charge in [0.05, 0.1) is 5.56 Å². The zero-order chi connectivity index (χ0) is 18.0. The number of unbranched alkanes of at least 4 members (excludes halogenated alkanes) is 1. The fraction of sp³-hybridized carbons (Fsp3) is 0.300. The topological polar surface area (TPSA) is 41.8 Å². The molecule has 1 heterocycles. The average molecular weight is 346 g/mol. The van der Waals surface area contributed by atoms with Crippen LogP contribution in [0, 0.1) is 6.92 Å². The Morgan fingerprint density at radius 1 is 1.00 bits per heavy atom. The second-order valence-electron chi connectivity index (χ2n) is 6.35. The van der Waals surface area contributed by atoms with E-state index in [0.29, 0.717) is 18.4 Å². The summed E-state index contributed by atoms with van der Waals surface area (Å²) >= 11 is 0. The Morgan fingerprint density at radius 3 is 2.36 bits per heavy atom. The third kappa shape index (κ3) is 3.71. The van der Waals surface area contributed by atoms with Gasteiger partial charge in [0, 0.05) is 16.6 Å². The number of aromatic nitrogens is 1. The summed E-state index contributed by atoms with van der Waals surface area (Å²) < 4.78 is 39.3. The monoisotopic (exact) mass is 346 g/mol. The van der Waals surface area contributed by atoms with Crippen molar-refractivity contribution in [1.82, 2.24) is 4.98 Å². The smallest absolute Gasteiger partial charge is 0.354 e. The number of halogens is 3. The molecule has 0 saturated carbocycles. The molecule has 0 unspecified atom stereocenters. The summed E-state index contributed by atoms with van der Waals surface area (Å²) in [4.78, 5) is 3.31. The second kappa shape index (κ2) is 6.92. The predicted molar refractivity (Wildman–Crippen MR) is 95.5 cm³/mol. The highest BCUT2D eigenvalue weighted by molar-refractivity contribution is 5.91. The van der Waals surface area contributed by atoms with Gasteiger partial charge < -0.3 is 10.7 Å². The molecule has 0 aliphatic carbocycles. The first-order valence-corrected chi connectivity index (χ1v) is 8.39. The van der Waals surface area contributed by atoms with Crippen LogP contribution in [0.4, 0.5) is 13.2 Å². The van der Waals surface area contributed by atoms with Crippen molar-refractivity contribution in [3.8, 4) is 11.3 Å². The Morgan fingerprint density at radius 2 is 1.72 bits per heavy atom. The number of H-pyrrole nitrogens is 1. The minimum atomic E-state index is -4.34. The lowest BCUT2D eigenvalue weighted by Gasteiger charge is -2.08. The van der Waals surface area contributed by atoms with Crippen molar-refractivity contribution in [3.63, 3.8) is 0 Å². The Bertz CT molecular complexity index is 861. The van der Waals surface area contributed by atoms with E-state index in [1.54, 1.807) is 0 Å². The van der Waals surface area contributed by atoms with Crippen LogP contribution in [-0.2, 0) is 12.6 Å². The molecule has 0 fully saturated rings. The highest BCUT2D eigenvalue weighted by Gasteiger charge is 2.31. The lowest BCUT2D eigenvalue weighted by molar-refractivity contribution is -0.137. The maximum Gasteiger partial charge on any atom is 0.416 e. The van der Waals surface area contributed by atoms with Crippen LogP contribution < -0.4 is 5.73 Å². The number of nitrogens with two attached hydrogens (primary N) is 1. The van der Waals surface area contributed by atoms with Gasteiger partial charge in [0.1, 0.15) is 0 Å². The molecule has 0 aliphatic heterocycles. The van der Waals surface area contributed by atoms with Crippen LogP contribution in [0.2, 0.25) is 0 Å². The van der Waals surface area contributed by atoms with E-state index >= 15 is 0 Å². The van der Waals surface area contributed by atoms with Crippen LogP contribution in [0.15, 0.2) is 42.5 Å². The van der Waals surface area contributed by atoms with Crippen molar-refractivity contribution in [1.29, 1.82) is 0 Å². The van der Waals surface area contributed by atoms with E-state index in [4.69, 9.17) is 5.73 Å². The van der Waals surface area contributed by atoms with Gasteiger partial charge in [-0.3, -0.25) is 0 Å². The summed E-state index contributed by atoms with van der Waals surface area (Å²) in [6.07, 6.45) is -1.96. The van der Waals surface area contributed by atoms with Crippen LogP contribution in [0.3, 0.4) is 0 Å². The first kappa shape index (κ1) is 17.5. The molecular formula is C20H21F3N2. The van der Waals surface area contributed by atoms with E-state index < -0.39 is 11.7 Å². The van der Waals surface area contributed by atoms with E-state index in [2.05, 4.69) is 4.98 Å². The SMILES string of the molecule is Cc1ccc(-c2[nH]c3ccc(C(F)(F)F)cc3c2CCCCN)cc1. The fourth-order valence-electron chi connectivity index (χ4n) is 3.10. The maximum atomic E-state index is 13.1. The summed E-state index contributed by atoms with van der Waals surface area (Å²) in [7, 11) is 0. The number of hydrogen-bond donors (Lipinski definition) is 2. The first-order chi connectivity index (χ1) is 11.9. The number of rotatable bonds is 5. The summed E-state index contributed by atoms with van der Waals surface area (Å²) in [5, 5.41) is 0.641. The van der Waals surface area contributed by atoms with E-state index in [1.165, 1.54) is 12.1 Å². The predicted octanol–water partition coefficient (Wildman–Crippen LogP) is 5.44. The van der Waals surface area contributed by atoms with Crippen molar-refractivity contribution in [2.24, 2.45) is 5.73 Å². The molecule has 0 bridgehead atoms. The minimum absolute atomic E-state index is 0.579. The molecule has 2 aromatic carbocycles. The highest BCUT2D eigenvalue weighted by Crippen LogP contribution is 2.36. The average Bonchev–Trinajstić information content (AvgIpc) is 2.93. The van der Waals surface area contributed by atoms with Gasteiger partial charge >= 0.3 is 6.18 Å². The van der Waals surface area contributed by atoms with Gasteiger partial charge in [-0.25, -0.2) is 0 Å². The molecule has 0 atom stereocenters. The maximum absolute atomic E-state index is 13.1. The largest absolute Gasteiger partial charge is 0.416 e. The molecule has 5 heteroatoms. The quantitative estimate of drug-likeness (QED) is 0.593. The second-order valence-corrected chi connectivity index (χ2v) is 6.35. The number of nitrogens with one attached hydrogen (secondary N) is 1. The molecule has 1 aromatic heterocycles. The highest BCUT2D eigenvalue weighted by atomic mass is 19.4. The minimum Gasteiger partial charge on any atom is -0.354 e. The van der Waals surface area contributed by atoms with Gasteiger partial charge in [-0.15, -0.1) is 0 Å². The number of fused-ring (bicyclic) bond motifs is 1. The molecule has 3 N–H and O–H groups in total. The molecular weight excluding hydrogens is 325 g/mol. The molecule has 3 aromatic rings. The van der Waals surface area contributed by atoms with Crippen molar-refractivity contribution < 1.29 is 13.2 Å². The number of hydrogen-bond acceptors (Lipinski definition) is 1. The Balaban J connectivity index is 2.14. The van der Waals surface area contributed by atoms with Crippen molar-refractivity contribution in [3.05, 3.63) is 59.2 Å². The summed E-state index contributed by atoms with van der Waals surface area (Å²) in [5.41, 5.74) is 9.63. The summed E-state index contributed by atoms with van der Waals surface area (Å²) in [6.45, 7) is 2.59. The zero-order valence-corrected chi connectivity index (χ0v) is 14.1. The molecule has 25 heavy (non-hydrogen) atoms. The van der Waals surface area contributed by atoms with Gasteiger partial charge in [-0.05, 0) is 62.1 Å². The Kier molecular flexibility index (Phi) is 4.86. The molecule has 2 nitrogen and oxygen atoms in total. The zero-order valence-electron chi connectivity index (χ0n) is 14.1. The van der Waals surface area contributed by atoms with Crippen molar-refractivity contribution in [2.75, 3.05) is 6.54 Å². The van der Waals surface area contributed by atoms with Gasteiger partial charge in [-0.1, -0.05) is 29.8 Å². The van der Waals surface area contributed by atoms with E-state index in [1.807, 2.05) is 31.2 Å². The lowest BCUT2D eigenvalue weighted by atomic mass is 9.99. The number of aryl methyl sites for hydroxylation is 2. The van der Waals surface area contributed by atoms with Gasteiger partial charge in [0.15, 0.2) is 0 Å². The van der Waals surface area contributed by atoms with Crippen LogP contribution in [-0.4, -0.2) is 11.5 Å². The Labute approximate surface area is 144 Å². The normalized spacial score (nSPS) is 12.0. The van der Waals surface area contributed by atoms with Crippen LogP contribution >= 0.6 is 0 Å². The number of benzene rings is 2. The molecule has 0 aliphatic rings. The summed E-state index contributed by atoms with van der Waals surface area (Å²) in [6, 6.07) is 11.9. The van der Waals surface area contributed by atoms with Crippen molar-refractivity contribution in [2.45, 2.75) is 32.4 Å². The van der Waals surface area contributed by atoms with E-state index in [0.717, 1.165) is 46.8 Å². The molecule has 0 saturated heterocycles. The number of aromatic amines is 1. The summed E-state index contributed by atoms with van der Waals surface area (Å²) in [5.74, 6) is 0. The van der Waals surface area contributed by atoms with Crippen LogP contribution in [0.25, 0.3) is 22.2 Å². The van der Waals surface area contributed by atoms with Gasteiger partial charge in [0.2, 0.25) is 0 Å². The van der Waals surface area contributed by atoms with Crippen LogP contribution in [0.5, 0.6) is 0 Å². The molecule has 0 radical (unpaired) electrons. The number of alkyl halides is 3. The molecule has 0 amide bonds.